The van der Waals surface area contributed by atoms with Crippen LogP contribution in [0.3, 0.4) is 0 Å². The highest BCUT2D eigenvalue weighted by Gasteiger charge is 2.26. The summed E-state index contributed by atoms with van der Waals surface area (Å²) < 4.78 is 6.04. The third-order valence-electron chi connectivity index (χ3n) is 5.08. The van der Waals surface area contributed by atoms with E-state index in [9.17, 15) is 19.8 Å². The summed E-state index contributed by atoms with van der Waals surface area (Å²) in [5.41, 5.74) is 3.01. The highest BCUT2D eigenvalue weighted by atomic mass is 32.2. The number of allylic oxidation sites excluding steroid dienone is 2. The zero-order valence-electron chi connectivity index (χ0n) is 22.1. The maximum Gasteiger partial charge on any atom is 0.321 e. The van der Waals surface area contributed by atoms with Crippen LogP contribution in [0.1, 0.15) is 59.4 Å². The van der Waals surface area contributed by atoms with E-state index in [1.54, 1.807) is 11.8 Å². The van der Waals surface area contributed by atoms with Crippen LogP contribution >= 0.6 is 11.8 Å². The molecule has 198 valence electrons. The molecular formula is C29H41NO5S. The summed E-state index contributed by atoms with van der Waals surface area (Å²) in [5.74, 6) is -1.35. The largest absolute Gasteiger partial charge is 0.489 e. The molecular weight excluding hydrogens is 474 g/mol. The average molecular weight is 516 g/mol. The van der Waals surface area contributed by atoms with E-state index < -0.39 is 24.0 Å². The molecule has 1 aromatic carbocycles. The van der Waals surface area contributed by atoms with E-state index in [0.29, 0.717) is 18.8 Å². The molecule has 0 spiro atoms. The molecule has 6 nitrogen and oxygen atoms in total. The number of hydrogen-bond donors (Lipinski definition) is 3. The first-order valence-corrected chi connectivity index (χ1v) is 13.0. The maximum atomic E-state index is 11.8. The lowest BCUT2D eigenvalue weighted by molar-refractivity contribution is -0.142. The molecule has 0 bridgehead atoms. The predicted molar refractivity (Wildman–Crippen MR) is 150 cm³/mol. The lowest BCUT2D eigenvalue weighted by Gasteiger charge is -2.22. The number of benzene rings is 1. The van der Waals surface area contributed by atoms with Crippen LogP contribution in [0.2, 0.25) is 0 Å². The van der Waals surface area contributed by atoms with Crippen LogP contribution in [-0.4, -0.2) is 40.8 Å². The Morgan fingerprint density at radius 2 is 1.78 bits per heavy atom. The molecule has 7 heteroatoms. The Hall–Kier alpha value is -2.95. The lowest BCUT2D eigenvalue weighted by Crippen LogP contribution is -2.48. The number of nitrogens with one attached hydrogen (secondary N) is 1. The summed E-state index contributed by atoms with van der Waals surface area (Å²) in [6.45, 7) is 10.5. The number of hydrogen-bond acceptors (Lipinski definition) is 5. The fourth-order valence-electron chi connectivity index (χ4n) is 3.28. The van der Waals surface area contributed by atoms with Gasteiger partial charge in [-0.05, 0) is 78.2 Å². The van der Waals surface area contributed by atoms with Gasteiger partial charge in [0.2, 0.25) is 0 Å². The Kier molecular flexibility index (Phi) is 17.7. The third kappa shape index (κ3) is 13.8. The minimum Gasteiger partial charge on any atom is -0.489 e. The number of ether oxygens (including phenoxy) is 1. The quantitative estimate of drug-likeness (QED) is 0.176. The third-order valence-corrected chi connectivity index (χ3v) is 5.85. The standard InChI is InChI=1S/C27H39NO5S.C2H2/c1-6-8-13-34-18-22(20(5)10-7-2)17-33-23-12-9-11-21(15-23)16-25(27(31)32)28-24(26(29)30)14-19(3)4;1-2/h8-13,15,18-19,24-25,28H,6-7,14,16-17H2,1-5H3,(H,29,30)(H,31,32);1-2H/b13-8+,20-10+,22-18-;/t24-,25-;/m0./s1. The number of carbonyl (C=O) groups is 2. The second kappa shape index (κ2) is 19.3. The Morgan fingerprint density at radius 1 is 1.11 bits per heavy atom. The zero-order chi connectivity index (χ0) is 27.5. The van der Waals surface area contributed by atoms with Crippen molar-refractivity contribution >= 4 is 23.7 Å². The Bertz CT molecular complexity index is 917. The van der Waals surface area contributed by atoms with Gasteiger partial charge < -0.3 is 14.9 Å². The van der Waals surface area contributed by atoms with Gasteiger partial charge in [0.1, 0.15) is 24.4 Å². The van der Waals surface area contributed by atoms with E-state index in [2.05, 4.69) is 61.9 Å². The van der Waals surface area contributed by atoms with Crippen molar-refractivity contribution in [1.29, 1.82) is 0 Å². The van der Waals surface area contributed by atoms with Gasteiger partial charge in [-0.15, -0.1) is 24.6 Å². The topological polar surface area (TPSA) is 95.9 Å². The summed E-state index contributed by atoms with van der Waals surface area (Å²) in [7, 11) is 0. The molecule has 3 N–H and O–H groups in total. The molecule has 0 aromatic heterocycles. The van der Waals surface area contributed by atoms with Gasteiger partial charge in [0.05, 0.1) is 0 Å². The molecule has 0 saturated heterocycles. The van der Waals surface area contributed by atoms with E-state index in [4.69, 9.17) is 4.74 Å². The van der Waals surface area contributed by atoms with E-state index >= 15 is 0 Å². The summed E-state index contributed by atoms with van der Waals surface area (Å²) in [5, 5.41) is 26.1. The Balaban J connectivity index is 0.00000596. The first kappa shape index (κ1) is 33.0. The molecule has 2 atom stereocenters. The molecule has 0 heterocycles. The smallest absolute Gasteiger partial charge is 0.321 e. The Labute approximate surface area is 220 Å². The fraction of sp³-hybridized carbons (Fsp3) is 0.448. The lowest BCUT2D eigenvalue weighted by atomic mass is 10.0. The second-order valence-electron chi connectivity index (χ2n) is 8.57. The van der Waals surface area contributed by atoms with Gasteiger partial charge in [-0.1, -0.05) is 52.0 Å². The van der Waals surface area contributed by atoms with Gasteiger partial charge in [-0.3, -0.25) is 14.9 Å². The predicted octanol–water partition coefficient (Wildman–Crippen LogP) is 6.30. The molecule has 0 unspecified atom stereocenters. The van der Waals surface area contributed by atoms with Crippen molar-refractivity contribution < 1.29 is 24.5 Å². The molecule has 1 rings (SSSR count). The minimum atomic E-state index is -1.08. The normalized spacial score (nSPS) is 13.7. The molecule has 0 aliphatic carbocycles. The van der Waals surface area contributed by atoms with Crippen molar-refractivity contribution in [2.24, 2.45) is 5.92 Å². The molecule has 0 radical (unpaired) electrons. The fourth-order valence-corrected chi connectivity index (χ4v) is 4.08. The summed E-state index contributed by atoms with van der Waals surface area (Å²) in [6, 6.07) is 5.38. The Morgan fingerprint density at radius 3 is 2.33 bits per heavy atom. The van der Waals surface area contributed by atoms with E-state index in [1.807, 2.05) is 38.1 Å². The second-order valence-corrected chi connectivity index (χ2v) is 9.35. The average Bonchev–Trinajstić information content (AvgIpc) is 2.83. The molecule has 0 amide bonds. The van der Waals surface area contributed by atoms with Gasteiger partial charge in [-0.25, -0.2) is 0 Å². The molecule has 0 aliphatic heterocycles. The number of carboxylic acid groups (broad SMARTS) is 2. The van der Waals surface area contributed by atoms with Gasteiger partial charge in [0.15, 0.2) is 0 Å². The SMILES string of the molecule is C#C.CC/C=C/S/C=C(COc1cccc(C[C@H](N[C@@H](CC(C)C)C(=O)O)C(=O)O)c1)\C(C)=C\CC. The van der Waals surface area contributed by atoms with Gasteiger partial charge >= 0.3 is 11.9 Å². The maximum absolute atomic E-state index is 11.8. The van der Waals surface area contributed by atoms with Crippen molar-refractivity contribution in [2.45, 2.75) is 72.4 Å². The number of terminal acetylenes is 1. The molecule has 36 heavy (non-hydrogen) atoms. The zero-order valence-corrected chi connectivity index (χ0v) is 22.9. The van der Waals surface area contributed by atoms with E-state index in [-0.39, 0.29) is 12.3 Å². The first-order chi connectivity index (χ1) is 17.2. The molecule has 1 aromatic rings. The summed E-state index contributed by atoms with van der Waals surface area (Å²) >= 11 is 1.62. The highest BCUT2D eigenvalue weighted by Crippen LogP contribution is 2.21. The summed E-state index contributed by atoms with van der Waals surface area (Å²) in [4.78, 5) is 23.4. The molecule has 0 aliphatic rings. The molecule has 0 saturated carbocycles. The van der Waals surface area contributed by atoms with Gasteiger partial charge in [0, 0.05) is 0 Å². The van der Waals surface area contributed by atoms with Crippen LogP contribution in [0.5, 0.6) is 5.75 Å². The number of aliphatic carboxylic acids is 2. The van der Waals surface area contributed by atoms with Gasteiger partial charge in [-0.2, -0.15) is 0 Å². The first-order valence-electron chi connectivity index (χ1n) is 12.1. The van der Waals surface area contributed by atoms with Crippen LogP contribution in [0, 0.1) is 18.8 Å². The highest BCUT2D eigenvalue weighted by molar-refractivity contribution is 8.04. The van der Waals surface area contributed by atoms with E-state index in [1.165, 1.54) is 0 Å². The van der Waals surface area contributed by atoms with Crippen LogP contribution in [-0.2, 0) is 16.0 Å². The monoisotopic (exact) mass is 515 g/mol. The number of rotatable bonds is 16. The van der Waals surface area contributed by atoms with Crippen LogP contribution in [0.25, 0.3) is 0 Å². The van der Waals surface area contributed by atoms with Crippen molar-refractivity contribution in [2.75, 3.05) is 6.61 Å². The summed E-state index contributed by atoms with van der Waals surface area (Å²) in [6.07, 6.45) is 14.7. The van der Waals surface area contributed by atoms with Crippen LogP contribution < -0.4 is 10.1 Å². The number of carboxylic acids is 2. The van der Waals surface area contributed by atoms with Crippen molar-refractivity contribution in [3.63, 3.8) is 0 Å². The van der Waals surface area contributed by atoms with Crippen molar-refractivity contribution in [3.05, 3.63) is 63.9 Å². The van der Waals surface area contributed by atoms with Crippen LogP contribution in [0.15, 0.2) is 58.4 Å². The van der Waals surface area contributed by atoms with Crippen LogP contribution in [0.4, 0.5) is 0 Å². The van der Waals surface area contributed by atoms with Gasteiger partial charge in [0.25, 0.3) is 0 Å². The van der Waals surface area contributed by atoms with Crippen molar-refractivity contribution in [1.82, 2.24) is 5.32 Å². The van der Waals surface area contributed by atoms with E-state index in [0.717, 1.165) is 29.6 Å². The number of thioether (sulfide) groups is 1. The molecule has 0 fully saturated rings. The van der Waals surface area contributed by atoms with Crippen molar-refractivity contribution in [3.8, 4) is 18.6 Å². The minimum absolute atomic E-state index is 0.128.